The van der Waals surface area contributed by atoms with Crippen LogP contribution < -0.4 is 10.6 Å². The van der Waals surface area contributed by atoms with Crippen LogP contribution in [0.4, 0.5) is 0 Å². The summed E-state index contributed by atoms with van der Waals surface area (Å²) in [5, 5.41) is 15.6. The van der Waals surface area contributed by atoms with E-state index in [1.807, 2.05) is 12.1 Å². The Labute approximate surface area is 177 Å². The van der Waals surface area contributed by atoms with Crippen molar-refractivity contribution >= 4 is 17.7 Å². The minimum absolute atomic E-state index is 0.00737. The number of carbonyl (C=O) groups is 3. The molecule has 160 valence electrons. The molecule has 0 aliphatic rings. The summed E-state index contributed by atoms with van der Waals surface area (Å²) in [6, 6.07) is 15.6. The number of nitrogens with one attached hydrogen (secondary N) is 2. The first-order valence-electron chi connectivity index (χ1n) is 10.1. The van der Waals surface area contributed by atoms with Crippen molar-refractivity contribution in [2.45, 2.75) is 33.1 Å². The van der Waals surface area contributed by atoms with E-state index in [-0.39, 0.29) is 31.3 Å². The summed E-state index contributed by atoms with van der Waals surface area (Å²) in [4.78, 5) is 34.8. The molecule has 2 aromatic carbocycles. The Hall–Kier alpha value is -3.19. The van der Waals surface area contributed by atoms with E-state index in [4.69, 9.17) is 0 Å². The Morgan fingerprint density at radius 2 is 1.50 bits per heavy atom. The smallest absolute Gasteiger partial charge is 0.251 e. The van der Waals surface area contributed by atoms with Crippen LogP contribution in [0.1, 0.15) is 42.6 Å². The van der Waals surface area contributed by atoms with Gasteiger partial charge in [0.2, 0.25) is 11.8 Å². The molecule has 0 saturated heterocycles. The highest BCUT2D eigenvalue weighted by atomic mass is 16.5. The Morgan fingerprint density at radius 3 is 2.07 bits per heavy atom. The zero-order valence-corrected chi connectivity index (χ0v) is 17.5. The van der Waals surface area contributed by atoms with Crippen molar-refractivity contribution in [3.63, 3.8) is 0 Å². The van der Waals surface area contributed by atoms with Crippen LogP contribution in [-0.4, -0.2) is 47.6 Å². The molecule has 3 amide bonds. The van der Waals surface area contributed by atoms with Gasteiger partial charge in [0.05, 0.1) is 6.54 Å². The Kier molecular flexibility index (Phi) is 9.03. The van der Waals surface area contributed by atoms with E-state index in [2.05, 4.69) is 41.8 Å². The number of amides is 3. The summed E-state index contributed by atoms with van der Waals surface area (Å²) in [5.41, 5.74) is 3.90. The van der Waals surface area contributed by atoms with Crippen LogP contribution in [0.15, 0.2) is 48.5 Å². The molecule has 2 rings (SSSR count). The van der Waals surface area contributed by atoms with Crippen molar-refractivity contribution in [2.75, 3.05) is 19.6 Å². The van der Waals surface area contributed by atoms with Crippen molar-refractivity contribution in [3.8, 4) is 11.1 Å². The van der Waals surface area contributed by atoms with Crippen LogP contribution in [0.3, 0.4) is 0 Å². The highest BCUT2D eigenvalue weighted by Gasteiger charge is 2.11. The lowest BCUT2D eigenvalue weighted by molar-refractivity contribution is -0.165. The van der Waals surface area contributed by atoms with Crippen LogP contribution in [0.25, 0.3) is 11.1 Å². The van der Waals surface area contributed by atoms with Gasteiger partial charge < -0.3 is 10.6 Å². The first-order chi connectivity index (χ1) is 14.4. The van der Waals surface area contributed by atoms with Gasteiger partial charge >= 0.3 is 0 Å². The standard InChI is InChI=1S/C23H29N3O4/c1-3-18-6-8-19(9-7-18)20-10-12-21(13-11-20)23(29)25-15-16-26(30)22(28)5-4-14-24-17(2)27/h6-13,30H,3-5,14-16H2,1-2H3,(H,24,27)(H,25,29). The highest BCUT2D eigenvalue weighted by Crippen LogP contribution is 2.20. The molecule has 0 bridgehead atoms. The van der Waals surface area contributed by atoms with Gasteiger partial charge in [-0.25, -0.2) is 5.06 Å². The van der Waals surface area contributed by atoms with E-state index in [0.717, 1.165) is 17.5 Å². The Morgan fingerprint density at radius 1 is 0.900 bits per heavy atom. The molecule has 2 aromatic rings. The third-order valence-electron chi connectivity index (χ3n) is 4.68. The molecule has 0 aliphatic carbocycles. The number of aryl methyl sites for hydroxylation is 1. The maximum atomic E-state index is 12.3. The molecule has 0 aliphatic heterocycles. The average Bonchev–Trinajstić information content (AvgIpc) is 2.76. The summed E-state index contributed by atoms with van der Waals surface area (Å²) < 4.78 is 0. The molecule has 0 saturated carbocycles. The zero-order chi connectivity index (χ0) is 21.9. The van der Waals surface area contributed by atoms with E-state index >= 15 is 0 Å². The lowest BCUT2D eigenvalue weighted by Gasteiger charge is -2.15. The second-order valence-corrected chi connectivity index (χ2v) is 6.99. The highest BCUT2D eigenvalue weighted by molar-refractivity contribution is 5.94. The van der Waals surface area contributed by atoms with Crippen LogP contribution in [-0.2, 0) is 16.0 Å². The second-order valence-electron chi connectivity index (χ2n) is 6.99. The first-order valence-corrected chi connectivity index (χ1v) is 10.1. The van der Waals surface area contributed by atoms with E-state index in [1.165, 1.54) is 12.5 Å². The van der Waals surface area contributed by atoms with Crippen molar-refractivity contribution in [1.82, 2.24) is 15.7 Å². The normalized spacial score (nSPS) is 10.4. The Bertz CT molecular complexity index is 848. The topological polar surface area (TPSA) is 98.7 Å². The van der Waals surface area contributed by atoms with E-state index in [0.29, 0.717) is 23.6 Å². The minimum atomic E-state index is -0.451. The summed E-state index contributed by atoms with van der Waals surface area (Å²) in [6.07, 6.45) is 1.55. The number of benzene rings is 2. The number of hydroxylamine groups is 2. The number of nitrogens with zero attached hydrogens (tertiary/aromatic N) is 1. The molecule has 0 atom stereocenters. The fourth-order valence-corrected chi connectivity index (χ4v) is 2.88. The minimum Gasteiger partial charge on any atom is -0.356 e. The van der Waals surface area contributed by atoms with Gasteiger partial charge in [0.25, 0.3) is 5.91 Å². The molecule has 0 unspecified atom stereocenters. The monoisotopic (exact) mass is 411 g/mol. The zero-order valence-electron chi connectivity index (χ0n) is 17.5. The molecule has 7 nitrogen and oxygen atoms in total. The third-order valence-corrected chi connectivity index (χ3v) is 4.68. The molecule has 30 heavy (non-hydrogen) atoms. The second kappa shape index (κ2) is 11.7. The molecule has 3 N–H and O–H groups in total. The number of carbonyl (C=O) groups excluding carboxylic acids is 3. The Balaban J connectivity index is 1.76. The van der Waals surface area contributed by atoms with Gasteiger partial charge in [-0.2, -0.15) is 0 Å². The largest absolute Gasteiger partial charge is 0.356 e. The molecule has 0 heterocycles. The fraction of sp³-hybridized carbons (Fsp3) is 0.348. The summed E-state index contributed by atoms with van der Waals surface area (Å²) in [6.45, 7) is 4.02. The molecular weight excluding hydrogens is 382 g/mol. The summed E-state index contributed by atoms with van der Waals surface area (Å²) in [7, 11) is 0. The molecule has 0 aromatic heterocycles. The van der Waals surface area contributed by atoms with Crippen molar-refractivity contribution in [3.05, 3.63) is 59.7 Å². The van der Waals surface area contributed by atoms with Crippen molar-refractivity contribution < 1.29 is 19.6 Å². The predicted octanol–water partition coefficient (Wildman–Crippen LogP) is 2.78. The van der Waals surface area contributed by atoms with Crippen LogP contribution in [0, 0.1) is 0 Å². The summed E-state index contributed by atoms with van der Waals surface area (Å²) in [5.74, 6) is -0.879. The maximum Gasteiger partial charge on any atom is 0.251 e. The van der Waals surface area contributed by atoms with Gasteiger partial charge in [0.15, 0.2) is 0 Å². The van der Waals surface area contributed by atoms with Gasteiger partial charge in [-0.15, -0.1) is 0 Å². The fourth-order valence-electron chi connectivity index (χ4n) is 2.88. The van der Waals surface area contributed by atoms with Crippen LogP contribution in [0.5, 0.6) is 0 Å². The predicted molar refractivity (Wildman–Crippen MR) is 115 cm³/mol. The van der Waals surface area contributed by atoms with Gasteiger partial charge in [-0.05, 0) is 41.7 Å². The van der Waals surface area contributed by atoms with Gasteiger partial charge in [-0.1, -0.05) is 43.3 Å². The van der Waals surface area contributed by atoms with Crippen LogP contribution >= 0.6 is 0 Å². The third kappa shape index (κ3) is 7.33. The van der Waals surface area contributed by atoms with E-state index < -0.39 is 5.91 Å². The lowest BCUT2D eigenvalue weighted by atomic mass is 10.0. The average molecular weight is 412 g/mol. The lowest BCUT2D eigenvalue weighted by Crippen LogP contribution is -2.36. The molecule has 0 spiro atoms. The number of hydrogen-bond acceptors (Lipinski definition) is 4. The van der Waals surface area contributed by atoms with Gasteiger partial charge in [0.1, 0.15) is 0 Å². The van der Waals surface area contributed by atoms with Crippen LogP contribution in [0.2, 0.25) is 0 Å². The molecular formula is C23H29N3O4. The maximum absolute atomic E-state index is 12.3. The number of hydrogen-bond donors (Lipinski definition) is 3. The molecule has 7 heteroatoms. The van der Waals surface area contributed by atoms with E-state index in [1.54, 1.807) is 12.1 Å². The van der Waals surface area contributed by atoms with Gasteiger partial charge in [-0.3, -0.25) is 19.6 Å². The van der Waals surface area contributed by atoms with Crippen molar-refractivity contribution in [2.24, 2.45) is 0 Å². The summed E-state index contributed by atoms with van der Waals surface area (Å²) >= 11 is 0. The quantitative estimate of drug-likeness (QED) is 0.318. The first kappa shape index (κ1) is 23.1. The van der Waals surface area contributed by atoms with Gasteiger partial charge in [0, 0.05) is 32.0 Å². The number of rotatable bonds is 10. The molecule has 0 radical (unpaired) electrons. The molecule has 0 fully saturated rings. The van der Waals surface area contributed by atoms with E-state index in [9.17, 15) is 19.6 Å². The SMILES string of the molecule is CCc1ccc(-c2ccc(C(=O)NCCN(O)C(=O)CCCNC(C)=O)cc2)cc1. The van der Waals surface area contributed by atoms with Crippen molar-refractivity contribution in [1.29, 1.82) is 0 Å².